The Kier molecular flexibility index (Phi) is 6.86. The Hall–Kier alpha value is -1.76. The van der Waals surface area contributed by atoms with E-state index < -0.39 is 11.8 Å². The largest absolute Gasteiger partial charge is 0.465 e. The highest BCUT2D eigenvalue weighted by Gasteiger charge is 2.41. The Morgan fingerprint density at radius 1 is 1.21 bits per heavy atom. The number of aromatic nitrogens is 1. The van der Waals surface area contributed by atoms with Crippen LogP contribution in [0.4, 0.5) is 0 Å². The number of hydrogen-bond acceptors (Lipinski definition) is 6. The molecule has 1 aliphatic heterocycles. The summed E-state index contributed by atoms with van der Waals surface area (Å²) < 4.78 is 16.0. The molecule has 0 atom stereocenters. The fraction of sp³-hybridized carbons (Fsp3) is 0.545. The zero-order valence-corrected chi connectivity index (χ0v) is 17.9. The molecule has 0 amide bonds. The molecule has 0 unspecified atom stereocenters. The highest BCUT2D eigenvalue weighted by Crippen LogP contribution is 2.29. The Labute approximate surface area is 171 Å². The number of rotatable bonds is 7. The third-order valence-corrected chi connectivity index (χ3v) is 6.27. The molecular formula is C22H29NO4S. The number of nitrogens with zero attached hydrogens (tertiary/aromatic N) is 1. The molecule has 0 spiro atoms. The van der Waals surface area contributed by atoms with Gasteiger partial charge in [0.2, 0.25) is 0 Å². The maximum Gasteiger partial charge on any atom is 0.366 e. The van der Waals surface area contributed by atoms with Crippen LogP contribution in [0.15, 0.2) is 24.3 Å². The molecule has 0 bridgehead atoms. The van der Waals surface area contributed by atoms with E-state index >= 15 is 0 Å². The van der Waals surface area contributed by atoms with E-state index in [0.29, 0.717) is 19.1 Å². The van der Waals surface area contributed by atoms with Gasteiger partial charge in [-0.2, -0.15) is 0 Å². The van der Waals surface area contributed by atoms with Gasteiger partial charge in [-0.15, -0.1) is 11.3 Å². The molecule has 0 aliphatic carbocycles. The number of carbonyl (C=O) groups is 1. The first-order chi connectivity index (χ1) is 13.4. The number of hydrogen-bond donors (Lipinski definition) is 0. The molecule has 2 heterocycles. The van der Waals surface area contributed by atoms with Crippen LogP contribution in [-0.4, -0.2) is 37.1 Å². The minimum absolute atomic E-state index is 0.317. The van der Waals surface area contributed by atoms with Crippen LogP contribution in [-0.2, 0) is 25.4 Å². The van der Waals surface area contributed by atoms with Crippen LogP contribution in [0.2, 0.25) is 0 Å². The lowest BCUT2D eigenvalue weighted by Crippen LogP contribution is -2.48. The summed E-state index contributed by atoms with van der Waals surface area (Å²) in [5, 5.41) is 1.10. The molecule has 6 heteroatoms. The molecule has 28 heavy (non-hydrogen) atoms. The smallest absolute Gasteiger partial charge is 0.366 e. The summed E-state index contributed by atoms with van der Waals surface area (Å²) in [6, 6.07) is 8.54. The van der Waals surface area contributed by atoms with Crippen molar-refractivity contribution >= 4 is 17.3 Å². The van der Waals surface area contributed by atoms with Crippen LogP contribution in [0.25, 0.3) is 10.6 Å². The third kappa shape index (κ3) is 4.99. The maximum absolute atomic E-state index is 11.7. The minimum atomic E-state index is -1.25. The molecule has 0 radical (unpaired) electrons. The van der Waals surface area contributed by atoms with Gasteiger partial charge in [0.25, 0.3) is 5.79 Å². The second kappa shape index (κ2) is 9.16. The van der Waals surface area contributed by atoms with Crippen LogP contribution in [0.5, 0.6) is 0 Å². The van der Waals surface area contributed by atoms with Crippen molar-refractivity contribution in [1.82, 2.24) is 4.98 Å². The maximum atomic E-state index is 11.7. The van der Waals surface area contributed by atoms with Crippen LogP contribution in [0, 0.1) is 19.8 Å². The van der Waals surface area contributed by atoms with E-state index in [4.69, 9.17) is 19.2 Å². The highest BCUT2D eigenvalue weighted by molar-refractivity contribution is 7.15. The van der Waals surface area contributed by atoms with E-state index in [1.54, 1.807) is 18.3 Å². The number of carbonyl (C=O) groups excluding carboxylic acids is 1. The van der Waals surface area contributed by atoms with Crippen LogP contribution in [0.3, 0.4) is 0 Å². The van der Waals surface area contributed by atoms with E-state index in [1.165, 1.54) is 28.8 Å². The molecule has 0 saturated carbocycles. The summed E-state index contributed by atoms with van der Waals surface area (Å²) in [4.78, 5) is 17.8. The van der Waals surface area contributed by atoms with E-state index in [-0.39, 0.29) is 0 Å². The molecule has 1 aliphatic rings. The van der Waals surface area contributed by atoms with Gasteiger partial charge in [-0.3, -0.25) is 0 Å². The Morgan fingerprint density at radius 3 is 2.54 bits per heavy atom. The molecule has 1 aromatic heterocycles. The predicted octanol–water partition coefficient (Wildman–Crippen LogP) is 4.69. The Balaban J connectivity index is 1.44. The van der Waals surface area contributed by atoms with Crippen molar-refractivity contribution in [3.63, 3.8) is 0 Å². The molecule has 1 fully saturated rings. The standard InChI is InChI=1S/C22H29NO4S/c1-15-9-11-18(12-10-15)20-23-19(16(2)28-20)8-6-5-7-17-13-26-22(3,27-14-17)21(24)25-4/h9-12,17H,5-8,13-14H2,1-4H3/t17-,22+. The van der Waals surface area contributed by atoms with Gasteiger partial charge in [0.05, 0.1) is 26.0 Å². The number of benzene rings is 1. The van der Waals surface area contributed by atoms with Gasteiger partial charge >= 0.3 is 5.97 Å². The lowest BCUT2D eigenvalue weighted by atomic mass is 10.0. The van der Waals surface area contributed by atoms with Crippen LogP contribution >= 0.6 is 11.3 Å². The van der Waals surface area contributed by atoms with E-state index in [1.807, 2.05) is 0 Å². The Morgan fingerprint density at radius 2 is 1.89 bits per heavy atom. The van der Waals surface area contributed by atoms with Crippen LogP contribution in [0.1, 0.15) is 42.3 Å². The van der Waals surface area contributed by atoms with Crippen molar-refractivity contribution in [2.75, 3.05) is 20.3 Å². The van der Waals surface area contributed by atoms with Crippen molar-refractivity contribution in [1.29, 1.82) is 0 Å². The average molecular weight is 404 g/mol. The second-order valence-corrected chi connectivity index (χ2v) is 8.76. The summed E-state index contributed by atoms with van der Waals surface area (Å²) in [7, 11) is 1.34. The Bertz CT molecular complexity index is 791. The van der Waals surface area contributed by atoms with Crippen molar-refractivity contribution in [3.05, 3.63) is 40.4 Å². The van der Waals surface area contributed by atoms with E-state index in [2.05, 4.69) is 38.1 Å². The monoisotopic (exact) mass is 403 g/mol. The molecule has 152 valence electrons. The topological polar surface area (TPSA) is 57.7 Å². The van der Waals surface area contributed by atoms with Gasteiger partial charge in [-0.25, -0.2) is 9.78 Å². The number of esters is 1. The SMILES string of the molecule is COC(=O)[C@]1(C)OC[C@H](CCCCc2nc(-c3ccc(C)cc3)sc2C)CO1. The molecule has 1 aromatic carbocycles. The number of ether oxygens (including phenoxy) is 3. The van der Waals surface area contributed by atoms with Gasteiger partial charge in [0.1, 0.15) is 5.01 Å². The summed E-state index contributed by atoms with van der Waals surface area (Å²) in [6.45, 7) is 6.92. The summed E-state index contributed by atoms with van der Waals surface area (Å²) in [6.07, 6.45) is 4.18. The highest BCUT2D eigenvalue weighted by atomic mass is 32.1. The van der Waals surface area contributed by atoms with Gasteiger partial charge in [-0.05, 0) is 33.1 Å². The number of thiazole rings is 1. The first-order valence-electron chi connectivity index (χ1n) is 9.81. The molecule has 2 aromatic rings. The van der Waals surface area contributed by atoms with E-state index in [9.17, 15) is 4.79 Å². The van der Waals surface area contributed by atoms with Crippen molar-refractivity contribution in [3.8, 4) is 10.6 Å². The first kappa shape index (κ1) is 21.0. The lowest BCUT2D eigenvalue weighted by molar-refractivity contribution is -0.272. The van der Waals surface area contributed by atoms with Gasteiger partial charge in [0.15, 0.2) is 0 Å². The zero-order chi connectivity index (χ0) is 20.1. The quantitative estimate of drug-likeness (QED) is 0.496. The number of methoxy groups -OCH3 is 1. The third-order valence-electron chi connectivity index (χ3n) is 5.21. The summed E-state index contributed by atoms with van der Waals surface area (Å²) in [5.74, 6) is -1.42. The van der Waals surface area contributed by atoms with Gasteiger partial charge in [0, 0.05) is 23.3 Å². The number of unbranched alkanes of at least 4 members (excludes halogenated alkanes) is 1. The fourth-order valence-corrected chi connectivity index (χ4v) is 4.28. The first-order valence-corrected chi connectivity index (χ1v) is 10.6. The molecule has 0 N–H and O–H groups in total. The average Bonchev–Trinajstić information content (AvgIpc) is 3.07. The molecule has 5 nitrogen and oxygen atoms in total. The minimum Gasteiger partial charge on any atom is -0.465 e. The van der Waals surface area contributed by atoms with Crippen molar-refractivity contribution in [2.24, 2.45) is 5.92 Å². The fourth-order valence-electron chi connectivity index (χ4n) is 3.32. The van der Waals surface area contributed by atoms with Gasteiger partial charge < -0.3 is 14.2 Å². The lowest BCUT2D eigenvalue weighted by Gasteiger charge is -2.35. The zero-order valence-electron chi connectivity index (χ0n) is 17.1. The molecule has 3 rings (SSSR count). The van der Waals surface area contributed by atoms with Crippen molar-refractivity contribution < 1.29 is 19.0 Å². The molecule has 1 saturated heterocycles. The van der Waals surface area contributed by atoms with Crippen molar-refractivity contribution in [2.45, 2.75) is 52.2 Å². The molecular weight excluding hydrogens is 374 g/mol. The number of aryl methyl sites for hydroxylation is 3. The second-order valence-electron chi connectivity index (χ2n) is 7.56. The van der Waals surface area contributed by atoms with Crippen LogP contribution < -0.4 is 0 Å². The summed E-state index contributed by atoms with van der Waals surface area (Å²) >= 11 is 1.77. The predicted molar refractivity (Wildman–Crippen MR) is 110 cm³/mol. The van der Waals surface area contributed by atoms with E-state index in [0.717, 1.165) is 30.7 Å². The van der Waals surface area contributed by atoms with Gasteiger partial charge in [-0.1, -0.05) is 36.2 Å². The normalized spacial score (nSPS) is 22.2. The summed E-state index contributed by atoms with van der Waals surface area (Å²) in [5.41, 5.74) is 3.66.